The van der Waals surface area contributed by atoms with Crippen LogP contribution in [0.25, 0.3) is 10.2 Å². The number of nitrogens with one attached hydrogen (secondary N) is 1. The second kappa shape index (κ2) is 10.4. The molecule has 0 saturated heterocycles. The van der Waals surface area contributed by atoms with Gasteiger partial charge in [0.25, 0.3) is 5.91 Å². The molecule has 10 heteroatoms. The number of ether oxygens (including phenoxy) is 2. The summed E-state index contributed by atoms with van der Waals surface area (Å²) >= 11 is 1.07. The highest BCUT2D eigenvalue weighted by Crippen LogP contribution is 2.32. The number of hydrogen-bond acceptors (Lipinski definition) is 8. The van der Waals surface area contributed by atoms with Crippen molar-refractivity contribution in [1.82, 2.24) is 4.98 Å². The van der Waals surface area contributed by atoms with Crippen molar-refractivity contribution in [1.29, 1.82) is 0 Å². The lowest BCUT2D eigenvalue weighted by molar-refractivity contribution is -0.0205. The Hall–Kier alpha value is -3.66. The van der Waals surface area contributed by atoms with Crippen molar-refractivity contribution in [2.75, 3.05) is 10.4 Å². The molecule has 0 bridgehead atoms. The molecule has 37 heavy (non-hydrogen) atoms. The zero-order valence-corrected chi connectivity index (χ0v) is 23.5. The van der Waals surface area contributed by atoms with E-state index >= 15 is 0 Å². The third-order valence-electron chi connectivity index (χ3n) is 4.84. The summed E-state index contributed by atoms with van der Waals surface area (Å²) in [4.78, 5) is 47.9. The number of anilines is 2. The standard InChI is InChI=1S/C27H33N3O6S/c1-15-12-16(2)21(17(3)13-15)29-22(31)18-10-11-19-20(14-18)37-23(28-19)30(24(32)34-26(4,5)6)36-25(33)35-27(7,8)9/h10-14H,1-9H3,(H,29,31). The molecule has 0 spiro atoms. The molecule has 0 fully saturated rings. The largest absolute Gasteiger partial charge is 0.534 e. The molecule has 2 amide bonds. The van der Waals surface area contributed by atoms with Crippen LogP contribution in [0, 0.1) is 20.8 Å². The normalized spacial score (nSPS) is 11.7. The number of aryl methyl sites for hydroxylation is 3. The van der Waals surface area contributed by atoms with Crippen LogP contribution in [-0.4, -0.2) is 34.3 Å². The van der Waals surface area contributed by atoms with Gasteiger partial charge in [-0.3, -0.25) is 9.63 Å². The lowest BCUT2D eigenvalue weighted by Gasteiger charge is -2.25. The fraction of sp³-hybridized carbons (Fsp3) is 0.407. The summed E-state index contributed by atoms with van der Waals surface area (Å²) in [5, 5.41) is 3.71. The number of fused-ring (bicyclic) bond motifs is 1. The van der Waals surface area contributed by atoms with Crippen molar-refractivity contribution in [2.24, 2.45) is 0 Å². The van der Waals surface area contributed by atoms with Crippen LogP contribution in [0.1, 0.15) is 68.6 Å². The van der Waals surface area contributed by atoms with Crippen molar-refractivity contribution in [3.63, 3.8) is 0 Å². The zero-order valence-electron chi connectivity index (χ0n) is 22.6. The molecule has 0 aliphatic carbocycles. The number of benzene rings is 2. The Kier molecular flexibility index (Phi) is 7.83. The summed E-state index contributed by atoms with van der Waals surface area (Å²) in [6.07, 6.45) is -2.01. The number of rotatable bonds is 3. The first kappa shape index (κ1) is 27.9. The average molecular weight is 528 g/mol. The Bertz CT molecular complexity index is 1330. The van der Waals surface area contributed by atoms with E-state index in [0.29, 0.717) is 20.8 Å². The molecule has 0 radical (unpaired) electrons. The smallest absolute Gasteiger partial charge is 0.441 e. The Morgan fingerprint density at radius 3 is 2.05 bits per heavy atom. The van der Waals surface area contributed by atoms with Crippen molar-refractivity contribution >= 4 is 50.5 Å². The number of hydroxylamine groups is 1. The third-order valence-corrected chi connectivity index (χ3v) is 5.83. The summed E-state index contributed by atoms with van der Waals surface area (Å²) in [5.41, 5.74) is 3.08. The van der Waals surface area contributed by atoms with Crippen molar-refractivity contribution in [2.45, 2.75) is 73.5 Å². The van der Waals surface area contributed by atoms with Gasteiger partial charge in [0, 0.05) is 11.3 Å². The molecule has 198 valence electrons. The fourth-order valence-electron chi connectivity index (χ4n) is 3.50. The highest BCUT2D eigenvalue weighted by atomic mass is 32.1. The maximum Gasteiger partial charge on any atom is 0.534 e. The van der Waals surface area contributed by atoms with Gasteiger partial charge in [0.05, 0.1) is 10.2 Å². The minimum absolute atomic E-state index is 0.0536. The lowest BCUT2D eigenvalue weighted by atomic mass is 10.0. The predicted octanol–water partition coefficient (Wildman–Crippen LogP) is 7.08. The summed E-state index contributed by atoms with van der Waals surface area (Å²) in [6.45, 7) is 16.0. The minimum Gasteiger partial charge on any atom is -0.441 e. The molecular formula is C27H33N3O6S. The number of carbonyl (C=O) groups excluding carboxylic acids is 3. The Balaban J connectivity index is 1.91. The number of amides is 2. The molecular weight excluding hydrogens is 494 g/mol. The van der Waals surface area contributed by atoms with Crippen molar-refractivity contribution < 1.29 is 28.7 Å². The summed E-state index contributed by atoms with van der Waals surface area (Å²) in [7, 11) is 0. The summed E-state index contributed by atoms with van der Waals surface area (Å²) in [6, 6.07) is 9.01. The van der Waals surface area contributed by atoms with Crippen LogP contribution in [0.3, 0.4) is 0 Å². The second-order valence-electron chi connectivity index (χ2n) is 10.7. The predicted molar refractivity (Wildman–Crippen MR) is 144 cm³/mol. The maximum atomic E-state index is 13.0. The van der Waals surface area contributed by atoms with Crippen LogP contribution < -0.4 is 10.4 Å². The van der Waals surface area contributed by atoms with E-state index in [0.717, 1.165) is 33.7 Å². The van der Waals surface area contributed by atoms with E-state index in [1.807, 2.05) is 32.9 Å². The van der Waals surface area contributed by atoms with E-state index in [1.165, 1.54) is 0 Å². The molecule has 0 atom stereocenters. The van der Waals surface area contributed by atoms with Gasteiger partial charge in [-0.25, -0.2) is 14.6 Å². The topological polar surface area (TPSA) is 107 Å². The van der Waals surface area contributed by atoms with Crippen LogP contribution in [0.15, 0.2) is 30.3 Å². The van der Waals surface area contributed by atoms with E-state index in [1.54, 1.807) is 59.7 Å². The molecule has 1 heterocycles. The first-order chi connectivity index (χ1) is 17.0. The fourth-order valence-corrected chi connectivity index (χ4v) is 4.44. The highest BCUT2D eigenvalue weighted by Gasteiger charge is 2.32. The SMILES string of the molecule is Cc1cc(C)c(NC(=O)c2ccc3nc(N(OC(=O)OC(C)(C)C)C(=O)OC(C)(C)C)sc3c2)c(C)c1. The monoisotopic (exact) mass is 527 g/mol. The van der Waals surface area contributed by atoms with Gasteiger partial charge < -0.3 is 14.8 Å². The highest BCUT2D eigenvalue weighted by molar-refractivity contribution is 7.22. The first-order valence-electron chi connectivity index (χ1n) is 11.8. The van der Waals surface area contributed by atoms with Crippen LogP contribution in [0.5, 0.6) is 0 Å². The van der Waals surface area contributed by atoms with E-state index in [9.17, 15) is 14.4 Å². The average Bonchev–Trinajstić information content (AvgIpc) is 3.14. The Morgan fingerprint density at radius 1 is 0.892 bits per heavy atom. The van der Waals surface area contributed by atoms with Crippen molar-refractivity contribution in [3.8, 4) is 0 Å². The van der Waals surface area contributed by atoms with E-state index in [-0.39, 0.29) is 11.0 Å². The third kappa shape index (κ3) is 7.42. The number of thiazole rings is 1. The zero-order chi connectivity index (χ0) is 27.7. The molecule has 0 unspecified atom stereocenters. The number of carbonyl (C=O) groups is 3. The van der Waals surface area contributed by atoms with Gasteiger partial charge in [0.15, 0.2) is 0 Å². The molecule has 0 aliphatic heterocycles. The number of nitrogens with zero attached hydrogens (tertiary/aromatic N) is 2. The van der Waals surface area contributed by atoms with Crippen molar-refractivity contribution in [3.05, 3.63) is 52.6 Å². The molecule has 3 aromatic rings. The van der Waals surface area contributed by atoms with Crippen LogP contribution in [0.4, 0.5) is 20.4 Å². The lowest BCUT2D eigenvalue weighted by Crippen LogP contribution is -2.39. The number of hydrogen-bond donors (Lipinski definition) is 1. The molecule has 0 saturated carbocycles. The van der Waals surface area contributed by atoms with Gasteiger partial charge in [-0.2, -0.15) is 0 Å². The molecule has 3 rings (SSSR count). The molecule has 1 N–H and O–H groups in total. The van der Waals surface area contributed by atoms with Gasteiger partial charge in [0.1, 0.15) is 11.2 Å². The molecule has 1 aromatic heterocycles. The minimum atomic E-state index is -1.08. The Labute approximate surface area is 220 Å². The number of aromatic nitrogens is 1. The molecule has 0 aliphatic rings. The maximum absolute atomic E-state index is 13.0. The second-order valence-corrected chi connectivity index (χ2v) is 11.7. The summed E-state index contributed by atoms with van der Waals surface area (Å²) in [5.74, 6) is -0.277. The van der Waals surface area contributed by atoms with E-state index in [2.05, 4.69) is 10.3 Å². The van der Waals surface area contributed by atoms with E-state index in [4.69, 9.17) is 14.3 Å². The summed E-state index contributed by atoms with van der Waals surface area (Å²) < 4.78 is 11.2. The van der Waals surface area contributed by atoms with Gasteiger partial charge >= 0.3 is 12.2 Å². The first-order valence-corrected chi connectivity index (χ1v) is 12.6. The van der Waals surface area contributed by atoms with E-state index < -0.39 is 23.5 Å². The van der Waals surface area contributed by atoms with Gasteiger partial charge in [-0.15, -0.1) is 0 Å². The quantitative estimate of drug-likeness (QED) is 0.286. The van der Waals surface area contributed by atoms with Crippen LogP contribution in [-0.2, 0) is 14.3 Å². The van der Waals surface area contributed by atoms with Crippen LogP contribution >= 0.6 is 11.3 Å². The Morgan fingerprint density at radius 2 is 1.49 bits per heavy atom. The van der Waals surface area contributed by atoms with Crippen LogP contribution in [0.2, 0.25) is 0 Å². The van der Waals surface area contributed by atoms with Gasteiger partial charge in [0.2, 0.25) is 5.13 Å². The molecule has 2 aromatic carbocycles. The van der Waals surface area contributed by atoms with Gasteiger partial charge in [-0.1, -0.05) is 34.1 Å². The molecule has 9 nitrogen and oxygen atoms in total. The van der Waals surface area contributed by atoms with Gasteiger partial charge in [-0.05, 0) is 91.6 Å².